The van der Waals surface area contributed by atoms with Crippen molar-refractivity contribution in [1.82, 2.24) is 4.98 Å². The predicted octanol–water partition coefficient (Wildman–Crippen LogP) is 1.34. The first-order chi connectivity index (χ1) is 8.62. The maximum absolute atomic E-state index is 12.1. The summed E-state index contributed by atoms with van der Waals surface area (Å²) in [5.74, 6) is 0.288. The molecule has 0 spiro atoms. The van der Waals surface area contributed by atoms with Crippen LogP contribution in [0.4, 0.5) is 5.82 Å². The third-order valence-corrected chi connectivity index (χ3v) is 3.70. The van der Waals surface area contributed by atoms with Crippen molar-refractivity contribution < 1.29 is 8.42 Å². The van der Waals surface area contributed by atoms with Crippen molar-refractivity contribution in [2.24, 2.45) is 5.73 Å². The van der Waals surface area contributed by atoms with Gasteiger partial charge in [-0.05, 0) is 29.8 Å². The number of sulfonamides is 1. The molecule has 0 fully saturated rings. The molecule has 0 aliphatic carbocycles. The van der Waals surface area contributed by atoms with Crippen LogP contribution >= 0.6 is 0 Å². The van der Waals surface area contributed by atoms with Gasteiger partial charge in [0.25, 0.3) is 10.0 Å². The van der Waals surface area contributed by atoms with Crippen LogP contribution in [0.15, 0.2) is 53.6 Å². The van der Waals surface area contributed by atoms with Crippen molar-refractivity contribution in [3.63, 3.8) is 0 Å². The Hall–Kier alpha value is -1.92. The second-order valence-corrected chi connectivity index (χ2v) is 5.35. The number of hydrogen-bond donors (Lipinski definition) is 2. The van der Waals surface area contributed by atoms with Crippen LogP contribution in [0.3, 0.4) is 0 Å². The van der Waals surface area contributed by atoms with E-state index >= 15 is 0 Å². The van der Waals surface area contributed by atoms with Gasteiger partial charge >= 0.3 is 0 Å². The Balaban J connectivity index is 2.31. The van der Waals surface area contributed by atoms with E-state index in [0.29, 0.717) is 6.54 Å². The third-order valence-electron chi connectivity index (χ3n) is 2.35. The van der Waals surface area contributed by atoms with Gasteiger partial charge in [0.1, 0.15) is 5.82 Å². The van der Waals surface area contributed by atoms with Crippen molar-refractivity contribution in [1.29, 1.82) is 0 Å². The molecule has 0 saturated heterocycles. The fraction of sp³-hybridized carbons (Fsp3) is 0.0833. The maximum atomic E-state index is 12.1. The highest BCUT2D eigenvalue weighted by molar-refractivity contribution is 7.92. The Morgan fingerprint density at radius 1 is 1.17 bits per heavy atom. The minimum absolute atomic E-state index is 0.177. The van der Waals surface area contributed by atoms with E-state index in [1.54, 1.807) is 36.4 Å². The van der Waals surface area contributed by atoms with Crippen molar-refractivity contribution in [2.75, 3.05) is 4.72 Å². The average molecular weight is 263 g/mol. The van der Waals surface area contributed by atoms with Gasteiger partial charge in [0.15, 0.2) is 0 Å². The molecule has 2 rings (SSSR count). The number of nitrogens with zero attached hydrogens (tertiary/aromatic N) is 1. The highest BCUT2D eigenvalue weighted by atomic mass is 32.2. The molecule has 0 amide bonds. The lowest BCUT2D eigenvalue weighted by molar-refractivity contribution is 0.601. The number of nitrogens with two attached hydrogens (primary N) is 1. The Kier molecular flexibility index (Phi) is 3.59. The molecule has 18 heavy (non-hydrogen) atoms. The third kappa shape index (κ3) is 2.85. The van der Waals surface area contributed by atoms with Crippen LogP contribution in [0.2, 0.25) is 0 Å². The molecule has 1 heterocycles. The molecule has 0 aliphatic heterocycles. The second kappa shape index (κ2) is 5.16. The molecule has 0 radical (unpaired) electrons. The number of hydrogen-bond acceptors (Lipinski definition) is 4. The van der Waals surface area contributed by atoms with Crippen LogP contribution in [-0.4, -0.2) is 13.4 Å². The van der Waals surface area contributed by atoms with Gasteiger partial charge in [0, 0.05) is 12.7 Å². The van der Waals surface area contributed by atoms with Crippen LogP contribution in [-0.2, 0) is 16.6 Å². The van der Waals surface area contributed by atoms with E-state index in [4.69, 9.17) is 5.73 Å². The van der Waals surface area contributed by atoms with Crippen molar-refractivity contribution in [3.05, 3.63) is 54.2 Å². The highest BCUT2D eigenvalue weighted by Gasteiger charge is 2.14. The topological polar surface area (TPSA) is 85.1 Å². The Morgan fingerprint density at radius 2 is 2.00 bits per heavy atom. The second-order valence-electron chi connectivity index (χ2n) is 3.67. The Labute approximate surface area is 106 Å². The van der Waals surface area contributed by atoms with Gasteiger partial charge in [-0.1, -0.05) is 18.2 Å². The van der Waals surface area contributed by atoms with Crippen molar-refractivity contribution in [2.45, 2.75) is 11.4 Å². The standard InChI is InChI=1S/C12H13N3O2S/c13-9-10-4-3-5-11(8-10)18(16,17)15-12-6-1-2-7-14-12/h1-8H,9,13H2,(H,14,15). The van der Waals surface area contributed by atoms with Crippen LogP contribution < -0.4 is 10.5 Å². The van der Waals surface area contributed by atoms with Crippen molar-refractivity contribution in [3.8, 4) is 0 Å². The molecule has 1 aromatic carbocycles. The predicted molar refractivity (Wildman–Crippen MR) is 69.4 cm³/mol. The number of pyridine rings is 1. The Bertz CT molecular complexity index is 627. The number of nitrogens with one attached hydrogen (secondary N) is 1. The number of benzene rings is 1. The molecule has 0 atom stereocenters. The monoisotopic (exact) mass is 263 g/mol. The summed E-state index contributed by atoms with van der Waals surface area (Å²) in [4.78, 5) is 4.09. The lowest BCUT2D eigenvalue weighted by Gasteiger charge is -2.07. The molecule has 0 unspecified atom stereocenters. The summed E-state index contributed by atoms with van der Waals surface area (Å²) in [6.07, 6.45) is 1.52. The minimum Gasteiger partial charge on any atom is -0.326 e. The van der Waals surface area contributed by atoms with Gasteiger partial charge < -0.3 is 5.73 Å². The summed E-state index contributed by atoms with van der Waals surface area (Å²) >= 11 is 0. The first-order valence-corrected chi connectivity index (χ1v) is 6.83. The summed E-state index contributed by atoms with van der Waals surface area (Å²) < 4.78 is 26.6. The zero-order valence-electron chi connectivity index (χ0n) is 9.58. The molecular formula is C12H13N3O2S. The molecule has 94 valence electrons. The summed E-state index contributed by atoms with van der Waals surface area (Å²) in [6, 6.07) is 11.5. The van der Waals surface area contributed by atoms with Crippen LogP contribution in [0.1, 0.15) is 5.56 Å². The van der Waals surface area contributed by atoms with Gasteiger partial charge in [0.05, 0.1) is 4.90 Å². The molecule has 2 aromatic rings. The zero-order chi connectivity index (χ0) is 13.0. The maximum Gasteiger partial charge on any atom is 0.263 e. The molecule has 5 nitrogen and oxygen atoms in total. The van der Waals surface area contributed by atoms with E-state index in [0.717, 1.165) is 5.56 Å². The molecule has 0 saturated carbocycles. The fourth-order valence-electron chi connectivity index (χ4n) is 1.46. The summed E-state index contributed by atoms with van der Waals surface area (Å²) in [7, 11) is -3.61. The van der Waals surface area contributed by atoms with Crippen molar-refractivity contribution >= 4 is 15.8 Å². The quantitative estimate of drug-likeness (QED) is 0.871. The fourth-order valence-corrected chi connectivity index (χ4v) is 2.54. The summed E-state index contributed by atoms with van der Waals surface area (Å²) in [6.45, 7) is 0.299. The molecule has 0 bridgehead atoms. The smallest absolute Gasteiger partial charge is 0.263 e. The van der Waals surface area contributed by atoms with Crippen LogP contribution in [0, 0.1) is 0 Å². The van der Waals surface area contributed by atoms with E-state index in [1.165, 1.54) is 12.3 Å². The number of aromatic nitrogens is 1. The summed E-state index contributed by atoms with van der Waals surface area (Å²) in [5.41, 5.74) is 6.25. The Morgan fingerprint density at radius 3 is 2.67 bits per heavy atom. The first kappa shape index (κ1) is 12.5. The number of anilines is 1. The van der Waals surface area contributed by atoms with Crippen LogP contribution in [0.5, 0.6) is 0 Å². The normalized spacial score (nSPS) is 11.2. The van der Waals surface area contributed by atoms with E-state index < -0.39 is 10.0 Å². The van der Waals surface area contributed by atoms with Gasteiger partial charge in [-0.2, -0.15) is 0 Å². The van der Waals surface area contributed by atoms with E-state index in [2.05, 4.69) is 9.71 Å². The van der Waals surface area contributed by atoms with Crippen LogP contribution in [0.25, 0.3) is 0 Å². The van der Waals surface area contributed by atoms with Gasteiger partial charge in [-0.3, -0.25) is 4.72 Å². The SMILES string of the molecule is NCc1cccc(S(=O)(=O)Nc2ccccn2)c1. The molecule has 0 aliphatic rings. The average Bonchev–Trinajstić information content (AvgIpc) is 2.39. The molecule has 6 heteroatoms. The first-order valence-electron chi connectivity index (χ1n) is 5.35. The molecule has 3 N–H and O–H groups in total. The lowest BCUT2D eigenvalue weighted by atomic mass is 10.2. The van der Waals surface area contributed by atoms with E-state index in [-0.39, 0.29) is 10.7 Å². The van der Waals surface area contributed by atoms with Gasteiger partial charge in [-0.25, -0.2) is 13.4 Å². The highest BCUT2D eigenvalue weighted by Crippen LogP contribution is 2.15. The lowest BCUT2D eigenvalue weighted by Crippen LogP contribution is -2.14. The molecule has 1 aromatic heterocycles. The van der Waals surface area contributed by atoms with E-state index in [9.17, 15) is 8.42 Å². The molecular weight excluding hydrogens is 250 g/mol. The number of rotatable bonds is 4. The van der Waals surface area contributed by atoms with E-state index in [1.807, 2.05) is 0 Å². The van der Waals surface area contributed by atoms with Gasteiger partial charge in [0.2, 0.25) is 0 Å². The largest absolute Gasteiger partial charge is 0.326 e. The van der Waals surface area contributed by atoms with Gasteiger partial charge in [-0.15, -0.1) is 0 Å². The zero-order valence-corrected chi connectivity index (χ0v) is 10.4. The summed E-state index contributed by atoms with van der Waals surface area (Å²) in [5, 5.41) is 0. The minimum atomic E-state index is -3.61.